The lowest BCUT2D eigenvalue weighted by molar-refractivity contribution is -0.756. The van der Waals surface area contributed by atoms with Crippen LogP contribution in [0.1, 0.15) is 75.6 Å². The van der Waals surface area contributed by atoms with Gasteiger partial charge in [-0.2, -0.15) is 4.57 Å². The zero-order chi connectivity index (χ0) is 32.3. The van der Waals surface area contributed by atoms with E-state index in [-0.39, 0.29) is 11.0 Å². The third kappa shape index (κ3) is 5.42. The SMILES string of the molecule is CCCCc1cc[n+]2c(c1)-c1ccccc1C(C)(CC)C2(C=CCc1ccccc1-c1cc(C)c(-c2ccccc2)c[n+]1C)CC. The summed E-state index contributed by atoms with van der Waals surface area (Å²) in [4.78, 5) is 0. The van der Waals surface area contributed by atoms with Gasteiger partial charge in [-0.3, -0.25) is 0 Å². The van der Waals surface area contributed by atoms with E-state index in [0.717, 1.165) is 25.7 Å². The molecule has 1 aliphatic heterocycles. The molecule has 234 valence electrons. The second-order valence-corrected chi connectivity index (χ2v) is 13.4. The summed E-state index contributed by atoms with van der Waals surface area (Å²) < 4.78 is 4.90. The van der Waals surface area contributed by atoms with E-state index < -0.39 is 0 Å². The number of benzene rings is 3. The van der Waals surface area contributed by atoms with Gasteiger partial charge in [0.05, 0.1) is 11.0 Å². The van der Waals surface area contributed by atoms with Crippen LogP contribution in [0, 0.1) is 6.92 Å². The number of nitrogens with zero attached hydrogens (tertiary/aromatic N) is 2. The summed E-state index contributed by atoms with van der Waals surface area (Å²) >= 11 is 0. The number of allylic oxidation sites excluding steroid dienone is 2. The van der Waals surface area contributed by atoms with Gasteiger partial charge >= 0.3 is 0 Å². The highest BCUT2D eigenvalue weighted by Gasteiger charge is 2.57. The molecule has 3 heterocycles. The lowest BCUT2D eigenvalue weighted by Gasteiger charge is -2.46. The number of fused-ring (bicyclic) bond motifs is 3. The molecule has 2 aromatic heterocycles. The number of hydrogen-bond acceptors (Lipinski definition) is 0. The third-order valence-corrected chi connectivity index (χ3v) is 10.9. The second-order valence-electron chi connectivity index (χ2n) is 13.4. The van der Waals surface area contributed by atoms with Gasteiger partial charge in [0.2, 0.25) is 11.4 Å². The van der Waals surface area contributed by atoms with Crippen molar-refractivity contribution in [3.63, 3.8) is 0 Å². The van der Waals surface area contributed by atoms with E-state index in [4.69, 9.17) is 0 Å². The molecule has 2 nitrogen and oxygen atoms in total. The Hall–Kier alpha value is -4.30. The Kier molecular flexibility index (Phi) is 9.09. The smallest absolute Gasteiger partial charge is 0.200 e. The first-order valence-electron chi connectivity index (χ1n) is 17.3. The van der Waals surface area contributed by atoms with E-state index in [2.05, 4.69) is 172 Å². The average molecular weight is 607 g/mol. The Balaban J connectivity index is 1.41. The molecule has 0 radical (unpaired) electrons. The fraction of sp³-hybridized carbons (Fsp3) is 0.318. The predicted molar refractivity (Wildman–Crippen MR) is 193 cm³/mol. The molecule has 3 aromatic carbocycles. The number of aromatic nitrogens is 2. The first kappa shape index (κ1) is 31.7. The van der Waals surface area contributed by atoms with Crippen LogP contribution in [0.15, 0.2) is 122 Å². The van der Waals surface area contributed by atoms with Gasteiger partial charge in [-0.15, -0.1) is 0 Å². The van der Waals surface area contributed by atoms with Crippen molar-refractivity contribution in [3.05, 3.63) is 144 Å². The standard InChI is InChI=1S/C44H50N2/c1-7-10-19-34-27-29-46-42(31-34)38-25-16-17-26-40(38)43(5,8-2)44(46,9-3)28-18-23-35-22-14-15-24-37(35)41-30-33(4)39(32-45(41)6)36-20-12-11-13-21-36/h11-18,20-22,24-32H,7-10,19,23H2,1-6H3/q+2. The van der Waals surface area contributed by atoms with Crippen molar-refractivity contribution in [3.8, 4) is 33.6 Å². The van der Waals surface area contributed by atoms with Gasteiger partial charge in [0, 0.05) is 35.7 Å². The van der Waals surface area contributed by atoms with Crippen molar-refractivity contribution in [1.29, 1.82) is 0 Å². The molecule has 0 N–H and O–H groups in total. The van der Waals surface area contributed by atoms with Gasteiger partial charge in [0.15, 0.2) is 17.9 Å². The van der Waals surface area contributed by atoms with Crippen LogP contribution in [0.4, 0.5) is 0 Å². The summed E-state index contributed by atoms with van der Waals surface area (Å²) in [6.07, 6.45) is 16.2. The van der Waals surface area contributed by atoms with Crippen molar-refractivity contribution in [2.45, 2.75) is 84.1 Å². The maximum atomic E-state index is 2.61. The monoisotopic (exact) mass is 606 g/mol. The van der Waals surface area contributed by atoms with E-state index in [9.17, 15) is 0 Å². The van der Waals surface area contributed by atoms with E-state index in [1.165, 1.54) is 68.7 Å². The third-order valence-electron chi connectivity index (χ3n) is 10.9. The average Bonchev–Trinajstić information content (AvgIpc) is 3.10. The summed E-state index contributed by atoms with van der Waals surface area (Å²) in [5.74, 6) is 0. The maximum Gasteiger partial charge on any atom is 0.213 e. The fourth-order valence-corrected chi connectivity index (χ4v) is 8.03. The van der Waals surface area contributed by atoms with Crippen molar-refractivity contribution < 1.29 is 9.13 Å². The topological polar surface area (TPSA) is 7.76 Å². The normalized spacial score (nSPS) is 18.8. The number of rotatable bonds is 10. The van der Waals surface area contributed by atoms with Gasteiger partial charge in [-0.25, -0.2) is 4.57 Å². The summed E-state index contributed by atoms with van der Waals surface area (Å²) in [6, 6.07) is 36.0. The zero-order valence-corrected chi connectivity index (χ0v) is 28.7. The molecule has 0 fully saturated rings. The van der Waals surface area contributed by atoms with Gasteiger partial charge in [0.25, 0.3) is 0 Å². The molecule has 0 amide bonds. The van der Waals surface area contributed by atoms with Gasteiger partial charge in [-0.05, 0) is 85.6 Å². The Labute approximate surface area is 277 Å². The molecule has 2 unspecified atom stereocenters. The van der Waals surface area contributed by atoms with Crippen LogP contribution in [-0.2, 0) is 30.8 Å². The molecule has 6 rings (SSSR count). The van der Waals surface area contributed by atoms with Crippen molar-refractivity contribution in [2.24, 2.45) is 7.05 Å². The first-order valence-corrected chi connectivity index (χ1v) is 17.3. The maximum absolute atomic E-state index is 2.61. The zero-order valence-electron chi connectivity index (χ0n) is 28.7. The molecule has 5 aromatic rings. The number of unbranched alkanes of at least 4 members (excludes halogenated alkanes) is 1. The highest BCUT2D eigenvalue weighted by molar-refractivity contribution is 5.70. The molecule has 0 saturated heterocycles. The highest BCUT2D eigenvalue weighted by atomic mass is 15.1. The second kappa shape index (κ2) is 13.2. The quantitative estimate of drug-likeness (QED) is 0.110. The molecule has 2 heteroatoms. The van der Waals surface area contributed by atoms with E-state index in [0.29, 0.717) is 0 Å². The minimum absolute atomic E-state index is 0.0478. The van der Waals surface area contributed by atoms with Crippen LogP contribution in [0.5, 0.6) is 0 Å². The molecular weight excluding hydrogens is 556 g/mol. The summed E-state index contributed by atoms with van der Waals surface area (Å²) in [5, 5.41) is 0. The Morgan fingerprint density at radius 2 is 1.46 bits per heavy atom. The minimum Gasteiger partial charge on any atom is -0.200 e. The molecule has 0 saturated carbocycles. The largest absolute Gasteiger partial charge is 0.213 e. The van der Waals surface area contributed by atoms with Crippen LogP contribution in [-0.4, -0.2) is 0 Å². The van der Waals surface area contributed by atoms with Crippen molar-refractivity contribution in [1.82, 2.24) is 0 Å². The van der Waals surface area contributed by atoms with Crippen molar-refractivity contribution >= 4 is 0 Å². The Morgan fingerprint density at radius 1 is 0.739 bits per heavy atom. The van der Waals surface area contributed by atoms with E-state index >= 15 is 0 Å². The van der Waals surface area contributed by atoms with E-state index in [1.54, 1.807) is 0 Å². The Morgan fingerprint density at radius 3 is 2.20 bits per heavy atom. The van der Waals surface area contributed by atoms with E-state index in [1.807, 2.05) is 0 Å². The van der Waals surface area contributed by atoms with Crippen LogP contribution >= 0.6 is 0 Å². The van der Waals surface area contributed by atoms with Gasteiger partial charge in [-0.1, -0.05) is 100.0 Å². The molecular formula is C44H50N2+2. The number of pyridine rings is 2. The predicted octanol–water partition coefficient (Wildman–Crippen LogP) is 10.0. The molecule has 0 aliphatic carbocycles. The molecule has 0 bridgehead atoms. The summed E-state index contributed by atoms with van der Waals surface area (Å²) in [5.41, 5.74) is 13.1. The molecule has 2 atom stereocenters. The molecule has 0 spiro atoms. The van der Waals surface area contributed by atoms with Crippen LogP contribution in [0.2, 0.25) is 0 Å². The Bertz CT molecular complexity index is 1870. The van der Waals surface area contributed by atoms with Gasteiger partial charge < -0.3 is 0 Å². The number of aryl methyl sites for hydroxylation is 3. The summed E-state index contributed by atoms with van der Waals surface area (Å²) in [7, 11) is 2.18. The summed E-state index contributed by atoms with van der Waals surface area (Å²) in [6.45, 7) is 11.7. The fourth-order valence-electron chi connectivity index (χ4n) is 8.03. The van der Waals surface area contributed by atoms with Crippen LogP contribution in [0.3, 0.4) is 0 Å². The molecule has 1 aliphatic rings. The van der Waals surface area contributed by atoms with Gasteiger partial charge in [0.1, 0.15) is 7.05 Å². The lowest BCUT2D eigenvalue weighted by Crippen LogP contribution is -2.68. The lowest BCUT2D eigenvalue weighted by atomic mass is 9.59. The van der Waals surface area contributed by atoms with Crippen LogP contribution < -0.4 is 9.13 Å². The minimum atomic E-state index is -0.178. The van der Waals surface area contributed by atoms with Crippen molar-refractivity contribution in [2.75, 3.05) is 0 Å². The first-order chi connectivity index (χ1) is 22.4. The van der Waals surface area contributed by atoms with Crippen LogP contribution in [0.25, 0.3) is 33.6 Å². The highest BCUT2D eigenvalue weighted by Crippen LogP contribution is 2.50. The molecule has 46 heavy (non-hydrogen) atoms. The number of hydrogen-bond donors (Lipinski definition) is 0.